The van der Waals surface area contributed by atoms with Crippen LogP contribution < -0.4 is 0 Å². The zero-order chi connectivity index (χ0) is 47.7. The first-order valence-corrected chi connectivity index (χ1v) is 30.2. The largest absolute Gasteiger partial charge is 0.463 e. The van der Waals surface area contributed by atoms with Crippen molar-refractivity contribution in [2.24, 2.45) is 0 Å². The van der Waals surface area contributed by atoms with Gasteiger partial charge in [-0.25, -0.2) is 0 Å². The number of allylic oxidation sites excluding steroid dienone is 2. The molecule has 0 rings (SSSR count). The molecule has 0 heterocycles. The Bertz CT molecular complexity index is 963. The quantitative estimate of drug-likeness (QED) is 0.0345. The van der Waals surface area contributed by atoms with Gasteiger partial charge in [0.1, 0.15) is 19.3 Å². The highest BCUT2D eigenvalue weighted by Gasteiger charge is 2.16. The number of hydrogen-bond acceptors (Lipinski definition) is 5. The number of unbranched alkanes of at least 4 members (excludes halogenated alkanes) is 44. The van der Waals surface area contributed by atoms with E-state index in [2.05, 4.69) is 32.9 Å². The zero-order valence-electron chi connectivity index (χ0n) is 45.2. The van der Waals surface area contributed by atoms with E-state index in [1.54, 1.807) is 0 Å². The molecule has 0 aliphatic carbocycles. The van der Waals surface area contributed by atoms with Crippen LogP contribution in [-0.2, 0) is 23.8 Å². The second-order valence-corrected chi connectivity index (χ2v) is 20.6. The summed E-state index contributed by atoms with van der Waals surface area (Å²) in [7, 11) is 0. The number of hydrogen-bond donors (Lipinski definition) is 0. The van der Waals surface area contributed by atoms with Crippen LogP contribution in [0.3, 0.4) is 0 Å². The normalized spacial score (nSPS) is 12.1. The Balaban J connectivity index is 4.15. The number of carbonyl (C=O) groups excluding carboxylic acids is 2. The minimum absolute atomic E-state index is 0.155. The third-order valence-electron chi connectivity index (χ3n) is 13.8. The van der Waals surface area contributed by atoms with Gasteiger partial charge in [0.05, 0.1) is 0 Å². The Morgan fingerprint density at radius 2 is 0.530 bits per heavy atom. The zero-order valence-corrected chi connectivity index (χ0v) is 45.2. The summed E-state index contributed by atoms with van der Waals surface area (Å²) in [6.45, 7) is 7.81. The van der Waals surface area contributed by atoms with Crippen molar-refractivity contribution in [1.82, 2.24) is 0 Å². The molecule has 0 saturated heterocycles. The molecule has 0 aliphatic rings. The molecule has 0 aromatic rings. The van der Waals surface area contributed by atoms with Crippen molar-refractivity contribution in [2.75, 3.05) is 19.8 Å². The molecule has 5 nitrogen and oxygen atoms in total. The van der Waals surface area contributed by atoms with Crippen LogP contribution in [0.1, 0.15) is 342 Å². The van der Waals surface area contributed by atoms with Crippen LogP contribution in [0.15, 0.2) is 12.2 Å². The van der Waals surface area contributed by atoms with Crippen molar-refractivity contribution in [3.05, 3.63) is 12.2 Å². The van der Waals surface area contributed by atoms with E-state index >= 15 is 0 Å². The van der Waals surface area contributed by atoms with Gasteiger partial charge in [-0.15, -0.1) is 0 Å². The van der Waals surface area contributed by atoms with Crippen molar-refractivity contribution >= 4 is 11.9 Å². The van der Waals surface area contributed by atoms with Crippen LogP contribution in [0.25, 0.3) is 0 Å². The fourth-order valence-electron chi connectivity index (χ4n) is 9.25. The Labute approximate surface area is 414 Å². The summed E-state index contributed by atoms with van der Waals surface area (Å²) in [6.07, 6.45) is 68.3. The van der Waals surface area contributed by atoms with Crippen LogP contribution in [-0.4, -0.2) is 37.9 Å². The van der Waals surface area contributed by atoms with Gasteiger partial charge in [0, 0.05) is 19.4 Å². The van der Waals surface area contributed by atoms with Crippen LogP contribution in [0.2, 0.25) is 0 Å². The molecule has 0 unspecified atom stereocenters. The third-order valence-corrected chi connectivity index (χ3v) is 13.8. The smallest absolute Gasteiger partial charge is 0.305 e. The molecule has 0 aromatic heterocycles. The van der Waals surface area contributed by atoms with Crippen LogP contribution in [0.4, 0.5) is 0 Å². The van der Waals surface area contributed by atoms with Gasteiger partial charge in [-0.3, -0.25) is 9.59 Å². The molecule has 392 valence electrons. The molecule has 0 spiro atoms. The molecule has 0 aromatic carbocycles. The summed E-state index contributed by atoms with van der Waals surface area (Å²) in [5.74, 6) is -0.310. The maximum Gasteiger partial charge on any atom is 0.305 e. The standard InChI is InChI=1S/C61H118O5/c1-4-7-10-13-16-19-22-25-27-29-30-31-32-33-34-37-40-43-46-49-52-55-61(63)66-58-59(57-65-60(62)54-51-48-45-42-39-36-24-21-18-15-12-9-6-3)64-56-53-50-47-44-41-38-35-28-26-23-20-17-14-11-8-5-2/h25,27,59H,4-24,26,28-58H2,1-3H3/b27-25-/t59-/m0/s1. The molecule has 0 fully saturated rings. The average Bonchev–Trinajstić information content (AvgIpc) is 3.32. The van der Waals surface area contributed by atoms with Crippen molar-refractivity contribution in [3.63, 3.8) is 0 Å². The highest BCUT2D eigenvalue weighted by Crippen LogP contribution is 2.17. The van der Waals surface area contributed by atoms with Gasteiger partial charge in [0.25, 0.3) is 0 Å². The first-order valence-electron chi connectivity index (χ1n) is 30.2. The van der Waals surface area contributed by atoms with Crippen molar-refractivity contribution in [2.45, 2.75) is 348 Å². The monoisotopic (exact) mass is 931 g/mol. The fourth-order valence-corrected chi connectivity index (χ4v) is 9.25. The van der Waals surface area contributed by atoms with Gasteiger partial charge in [0.2, 0.25) is 0 Å². The van der Waals surface area contributed by atoms with Gasteiger partial charge >= 0.3 is 11.9 Å². The van der Waals surface area contributed by atoms with E-state index < -0.39 is 6.10 Å². The van der Waals surface area contributed by atoms with Crippen molar-refractivity contribution in [1.29, 1.82) is 0 Å². The summed E-state index contributed by atoms with van der Waals surface area (Å²) in [4.78, 5) is 25.3. The molecule has 66 heavy (non-hydrogen) atoms. The minimum atomic E-state index is -0.391. The van der Waals surface area contributed by atoms with Gasteiger partial charge in [0.15, 0.2) is 0 Å². The van der Waals surface area contributed by atoms with E-state index in [4.69, 9.17) is 14.2 Å². The molecule has 0 amide bonds. The van der Waals surface area contributed by atoms with E-state index in [0.717, 1.165) is 38.5 Å². The molecule has 0 saturated carbocycles. The molecule has 0 N–H and O–H groups in total. The lowest BCUT2D eigenvalue weighted by atomic mass is 10.0. The SMILES string of the molecule is CCCCCCCC/C=C\CCCCCCCCCCCCCC(=O)OC[C@H](COC(=O)CCCCCCCCCCCCCCC)OCCCCCCCCCCCCCCCCCC. The van der Waals surface area contributed by atoms with Crippen LogP contribution in [0.5, 0.6) is 0 Å². The van der Waals surface area contributed by atoms with Crippen molar-refractivity contribution < 1.29 is 23.8 Å². The first kappa shape index (κ1) is 64.6. The number of carbonyl (C=O) groups is 2. The van der Waals surface area contributed by atoms with Crippen LogP contribution in [0, 0.1) is 0 Å². The van der Waals surface area contributed by atoms with Gasteiger partial charge in [-0.2, -0.15) is 0 Å². The maximum atomic E-state index is 12.7. The summed E-state index contributed by atoms with van der Waals surface area (Å²) >= 11 is 0. The summed E-state index contributed by atoms with van der Waals surface area (Å²) < 4.78 is 17.5. The molecule has 5 heteroatoms. The summed E-state index contributed by atoms with van der Waals surface area (Å²) in [6, 6.07) is 0. The average molecular weight is 932 g/mol. The molecular weight excluding hydrogens is 813 g/mol. The minimum Gasteiger partial charge on any atom is -0.463 e. The van der Waals surface area contributed by atoms with E-state index in [1.807, 2.05) is 0 Å². The van der Waals surface area contributed by atoms with E-state index in [9.17, 15) is 9.59 Å². The van der Waals surface area contributed by atoms with Gasteiger partial charge in [-0.1, -0.05) is 296 Å². The van der Waals surface area contributed by atoms with E-state index in [-0.39, 0.29) is 25.2 Å². The molecular formula is C61H118O5. The molecule has 0 aliphatic heterocycles. The lowest BCUT2D eigenvalue weighted by Gasteiger charge is -2.18. The molecule has 1 atom stereocenters. The van der Waals surface area contributed by atoms with Gasteiger partial charge < -0.3 is 14.2 Å². The molecule has 0 bridgehead atoms. The number of rotatable bonds is 57. The Hall–Kier alpha value is -1.36. The fraction of sp³-hybridized carbons (Fsp3) is 0.934. The molecule has 0 radical (unpaired) electrons. The first-order chi connectivity index (χ1) is 32.6. The Kier molecular flexibility index (Phi) is 56.8. The summed E-state index contributed by atoms with van der Waals surface area (Å²) in [5, 5.41) is 0. The summed E-state index contributed by atoms with van der Waals surface area (Å²) in [5.41, 5.74) is 0. The number of esters is 2. The highest BCUT2D eigenvalue weighted by atomic mass is 16.6. The van der Waals surface area contributed by atoms with Crippen molar-refractivity contribution in [3.8, 4) is 0 Å². The number of ether oxygens (including phenoxy) is 3. The predicted octanol–water partition coefficient (Wildman–Crippen LogP) is 20.6. The topological polar surface area (TPSA) is 61.8 Å². The second-order valence-electron chi connectivity index (χ2n) is 20.6. The lowest BCUT2D eigenvalue weighted by molar-refractivity contribution is -0.155. The Morgan fingerprint density at radius 1 is 0.303 bits per heavy atom. The van der Waals surface area contributed by atoms with E-state index in [0.29, 0.717) is 19.4 Å². The van der Waals surface area contributed by atoms with Gasteiger partial charge in [-0.05, 0) is 44.9 Å². The predicted molar refractivity (Wildman–Crippen MR) is 289 cm³/mol. The Morgan fingerprint density at radius 3 is 0.803 bits per heavy atom. The van der Waals surface area contributed by atoms with E-state index in [1.165, 1.54) is 270 Å². The third kappa shape index (κ3) is 55.2. The maximum absolute atomic E-state index is 12.7. The highest BCUT2D eigenvalue weighted by molar-refractivity contribution is 5.69. The second kappa shape index (κ2) is 58.0. The van der Waals surface area contributed by atoms with Crippen LogP contribution >= 0.6 is 0 Å². The lowest BCUT2D eigenvalue weighted by Crippen LogP contribution is -2.29.